The lowest BCUT2D eigenvalue weighted by Gasteiger charge is -2.15. The van der Waals surface area contributed by atoms with Gasteiger partial charge in [0.25, 0.3) is 0 Å². The third-order valence-corrected chi connectivity index (χ3v) is 2.67. The molecular formula is C9H14BrNO2. The molecule has 0 saturated carbocycles. The van der Waals surface area contributed by atoms with E-state index in [0.717, 1.165) is 11.3 Å². The Hall–Kier alpha value is -0.320. The molecule has 0 fully saturated rings. The van der Waals surface area contributed by atoms with Crippen LogP contribution in [-0.2, 0) is 0 Å². The van der Waals surface area contributed by atoms with Gasteiger partial charge in [-0.15, -0.1) is 0 Å². The monoisotopic (exact) mass is 247 g/mol. The maximum atomic E-state index is 9.67. The van der Waals surface area contributed by atoms with Gasteiger partial charge < -0.3 is 15.2 Å². The molecule has 1 aromatic heterocycles. The summed E-state index contributed by atoms with van der Waals surface area (Å²) in [5, 5.41) is 19.4. The summed E-state index contributed by atoms with van der Waals surface area (Å²) in [5.74, 6) is 0. The lowest BCUT2D eigenvalue weighted by atomic mass is 10.1. The molecule has 3 N–H and O–H groups in total. The first-order valence-electron chi connectivity index (χ1n) is 4.14. The molecule has 0 amide bonds. The summed E-state index contributed by atoms with van der Waals surface area (Å²) in [4.78, 5) is 3.03. The van der Waals surface area contributed by atoms with Crippen LogP contribution >= 0.6 is 15.9 Å². The van der Waals surface area contributed by atoms with E-state index in [2.05, 4.69) is 20.9 Å². The fraction of sp³-hybridized carbons (Fsp3) is 0.556. The predicted molar refractivity (Wildman–Crippen MR) is 55.0 cm³/mol. The summed E-state index contributed by atoms with van der Waals surface area (Å²) in [6, 6.07) is 1.94. The largest absolute Gasteiger partial charge is 0.389 e. The Kier molecular flexibility index (Phi) is 3.53. The molecule has 1 rings (SSSR count). The average molecular weight is 248 g/mol. The second kappa shape index (κ2) is 4.26. The molecule has 0 aliphatic rings. The van der Waals surface area contributed by atoms with Crippen molar-refractivity contribution < 1.29 is 10.2 Å². The molecule has 0 radical (unpaired) electrons. The molecular weight excluding hydrogens is 234 g/mol. The molecule has 2 atom stereocenters. The van der Waals surface area contributed by atoms with Crippen LogP contribution in [-0.4, -0.2) is 26.6 Å². The van der Waals surface area contributed by atoms with Crippen LogP contribution in [0.1, 0.15) is 23.1 Å². The van der Waals surface area contributed by atoms with Gasteiger partial charge in [0.15, 0.2) is 0 Å². The number of hydrogen-bond donors (Lipinski definition) is 3. The topological polar surface area (TPSA) is 56.2 Å². The van der Waals surface area contributed by atoms with Crippen LogP contribution in [0.2, 0.25) is 0 Å². The van der Waals surface area contributed by atoms with Gasteiger partial charge in [-0.05, 0) is 25.5 Å². The number of aromatic amines is 1. The standard InChI is InChI=1S/C9H14BrNO2/c1-5-3-6(2)11-8(5)9(13)7(12)4-10/h3,7,9,11-13H,4H2,1-2H3. The first-order chi connectivity index (χ1) is 6.06. The SMILES string of the molecule is Cc1cc(C)c(C(O)C(O)CBr)[nH]1. The Balaban J connectivity index is 2.87. The first-order valence-corrected chi connectivity index (χ1v) is 5.26. The molecule has 0 aliphatic carbocycles. The van der Waals surface area contributed by atoms with Gasteiger partial charge >= 0.3 is 0 Å². The number of halogens is 1. The van der Waals surface area contributed by atoms with Crippen molar-refractivity contribution in [2.45, 2.75) is 26.1 Å². The van der Waals surface area contributed by atoms with Crippen LogP contribution in [0.4, 0.5) is 0 Å². The zero-order chi connectivity index (χ0) is 10.0. The lowest BCUT2D eigenvalue weighted by Crippen LogP contribution is -2.20. The highest BCUT2D eigenvalue weighted by molar-refractivity contribution is 9.09. The van der Waals surface area contributed by atoms with Gasteiger partial charge in [-0.25, -0.2) is 0 Å². The van der Waals surface area contributed by atoms with Crippen LogP contribution in [0.3, 0.4) is 0 Å². The highest BCUT2D eigenvalue weighted by atomic mass is 79.9. The van der Waals surface area contributed by atoms with Gasteiger partial charge in [-0.1, -0.05) is 15.9 Å². The summed E-state index contributed by atoms with van der Waals surface area (Å²) in [6.07, 6.45) is -1.61. The minimum Gasteiger partial charge on any atom is -0.389 e. The summed E-state index contributed by atoms with van der Waals surface area (Å²) in [6.45, 7) is 3.83. The highest BCUT2D eigenvalue weighted by Gasteiger charge is 2.20. The Morgan fingerprint density at radius 1 is 1.46 bits per heavy atom. The number of H-pyrrole nitrogens is 1. The average Bonchev–Trinajstić information content (AvgIpc) is 2.42. The molecule has 2 unspecified atom stereocenters. The van der Waals surface area contributed by atoms with E-state index >= 15 is 0 Å². The molecule has 1 heterocycles. The van der Waals surface area contributed by atoms with E-state index in [-0.39, 0.29) is 0 Å². The molecule has 1 aromatic rings. The van der Waals surface area contributed by atoms with Crippen LogP contribution in [0, 0.1) is 13.8 Å². The zero-order valence-corrected chi connectivity index (χ0v) is 9.30. The lowest BCUT2D eigenvalue weighted by molar-refractivity contribution is 0.0314. The van der Waals surface area contributed by atoms with Gasteiger partial charge in [0.2, 0.25) is 0 Å². The first kappa shape index (κ1) is 10.8. The highest BCUT2D eigenvalue weighted by Crippen LogP contribution is 2.21. The van der Waals surface area contributed by atoms with Crippen molar-refractivity contribution in [1.82, 2.24) is 4.98 Å². The van der Waals surface area contributed by atoms with Crippen LogP contribution < -0.4 is 0 Å². The van der Waals surface area contributed by atoms with E-state index in [0.29, 0.717) is 11.0 Å². The van der Waals surface area contributed by atoms with E-state index in [1.54, 1.807) is 0 Å². The number of aromatic nitrogens is 1. The molecule has 0 aromatic carbocycles. The van der Waals surface area contributed by atoms with E-state index in [9.17, 15) is 10.2 Å². The summed E-state index contributed by atoms with van der Waals surface area (Å²) in [5.41, 5.74) is 2.67. The number of aliphatic hydroxyl groups excluding tert-OH is 2. The fourth-order valence-electron chi connectivity index (χ4n) is 1.33. The molecule has 3 nitrogen and oxygen atoms in total. The number of nitrogens with one attached hydrogen (secondary N) is 1. The second-order valence-corrected chi connectivity index (χ2v) is 3.86. The number of alkyl halides is 1. The van der Waals surface area contributed by atoms with E-state index in [1.807, 2.05) is 19.9 Å². The number of aliphatic hydroxyl groups is 2. The van der Waals surface area contributed by atoms with Gasteiger partial charge in [0.1, 0.15) is 6.10 Å². The van der Waals surface area contributed by atoms with Crippen LogP contribution in [0.15, 0.2) is 6.07 Å². The Morgan fingerprint density at radius 3 is 2.46 bits per heavy atom. The number of rotatable bonds is 3. The summed E-state index contributed by atoms with van der Waals surface area (Å²) >= 11 is 3.12. The summed E-state index contributed by atoms with van der Waals surface area (Å²) < 4.78 is 0. The van der Waals surface area contributed by atoms with E-state index < -0.39 is 12.2 Å². The Morgan fingerprint density at radius 2 is 2.08 bits per heavy atom. The fourth-order valence-corrected chi connectivity index (χ4v) is 1.69. The zero-order valence-electron chi connectivity index (χ0n) is 7.71. The molecule has 74 valence electrons. The van der Waals surface area contributed by atoms with Crippen LogP contribution in [0.5, 0.6) is 0 Å². The van der Waals surface area contributed by atoms with Gasteiger partial charge in [-0.2, -0.15) is 0 Å². The Bertz CT molecular complexity index is 285. The molecule has 13 heavy (non-hydrogen) atoms. The van der Waals surface area contributed by atoms with Gasteiger partial charge in [0, 0.05) is 16.7 Å². The normalized spacial score (nSPS) is 15.8. The maximum Gasteiger partial charge on any atom is 0.121 e. The smallest absolute Gasteiger partial charge is 0.121 e. The predicted octanol–water partition coefficient (Wildman–Crippen LogP) is 1.42. The van der Waals surface area contributed by atoms with E-state index in [1.165, 1.54) is 0 Å². The third kappa shape index (κ3) is 2.33. The van der Waals surface area contributed by atoms with Gasteiger partial charge in [0.05, 0.1) is 6.10 Å². The summed E-state index contributed by atoms with van der Waals surface area (Å²) in [7, 11) is 0. The van der Waals surface area contributed by atoms with Crippen molar-refractivity contribution in [2.24, 2.45) is 0 Å². The van der Waals surface area contributed by atoms with Crippen molar-refractivity contribution in [1.29, 1.82) is 0 Å². The minimum absolute atomic E-state index is 0.367. The maximum absolute atomic E-state index is 9.67. The third-order valence-electron chi connectivity index (χ3n) is 2.01. The quantitative estimate of drug-likeness (QED) is 0.708. The molecule has 4 heteroatoms. The van der Waals surface area contributed by atoms with Crippen molar-refractivity contribution in [3.8, 4) is 0 Å². The van der Waals surface area contributed by atoms with Gasteiger partial charge in [-0.3, -0.25) is 0 Å². The van der Waals surface area contributed by atoms with Crippen molar-refractivity contribution in [3.63, 3.8) is 0 Å². The van der Waals surface area contributed by atoms with Crippen molar-refractivity contribution in [2.75, 3.05) is 5.33 Å². The number of aryl methyl sites for hydroxylation is 2. The second-order valence-electron chi connectivity index (χ2n) is 3.22. The molecule has 0 spiro atoms. The molecule has 0 aliphatic heterocycles. The van der Waals surface area contributed by atoms with Crippen molar-refractivity contribution >= 4 is 15.9 Å². The number of hydrogen-bond acceptors (Lipinski definition) is 2. The van der Waals surface area contributed by atoms with Crippen LogP contribution in [0.25, 0.3) is 0 Å². The Labute approximate surface area is 85.9 Å². The minimum atomic E-state index is -0.840. The van der Waals surface area contributed by atoms with Crippen molar-refractivity contribution in [3.05, 3.63) is 23.0 Å². The molecule has 0 bridgehead atoms. The van der Waals surface area contributed by atoms with E-state index in [4.69, 9.17) is 0 Å². The molecule has 0 saturated heterocycles.